The summed E-state index contributed by atoms with van der Waals surface area (Å²) >= 11 is 3.30. The summed E-state index contributed by atoms with van der Waals surface area (Å²) in [5.74, 6) is 1.14. The fourth-order valence-corrected chi connectivity index (χ4v) is 1.60. The first-order valence-electron chi connectivity index (χ1n) is 3.86. The second-order valence-corrected chi connectivity index (χ2v) is 3.46. The van der Waals surface area contributed by atoms with E-state index >= 15 is 0 Å². The first kappa shape index (κ1) is 10.8. The third-order valence-corrected chi connectivity index (χ3v) is 2.42. The molecule has 0 radical (unpaired) electrons. The van der Waals surface area contributed by atoms with Crippen LogP contribution in [0.2, 0.25) is 0 Å². The Bertz CT molecular complexity index is 366. The lowest BCUT2D eigenvalue weighted by Gasteiger charge is -2.10. The molecule has 0 saturated carbocycles. The molecule has 0 bridgehead atoms. The Morgan fingerprint density at radius 3 is 2.21 bits per heavy atom. The van der Waals surface area contributed by atoms with Crippen molar-refractivity contribution in [1.82, 2.24) is 0 Å². The maximum absolute atomic E-state index is 7.33. The molecular formula is C9H11BrN2O2. The quantitative estimate of drug-likeness (QED) is 0.641. The van der Waals surface area contributed by atoms with Gasteiger partial charge in [-0.25, -0.2) is 0 Å². The van der Waals surface area contributed by atoms with Crippen LogP contribution in [0.5, 0.6) is 11.5 Å². The summed E-state index contributed by atoms with van der Waals surface area (Å²) < 4.78 is 10.9. The van der Waals surface area contributed by atoms with Crippen LogP contribution in [0.25, 0.3) is 0 Å². The summed E-state index contributed by atoms with van der Waals surface area (Å²) in [6.07, 6.45) is 0. The smallest absolute Gasteiger partial charge is 0.161 e. The summed E-state index contributed by atoms with van der Waals surface area (Å²) in [6.45, 7) is 0. The number of ether oxygens (including phenoxy) is 2. The Labute approximate surface area is 90.6 Å². The monoisotopic (exact) mass is 258 g/mol. The van der Waals surface area contributed by atoms with E-state index in [1.165, 1.54) is 7.11 Å². The van der Waals surface area contributed by atoms with Crippen LogP contribution in [0.1, 0.15) is 5.56 Å². The van der Waals surface area contributed by atoms with Gasteiger partial charge in [-0.05, 0) is 28.1 Å². The number of amidine groups is 1. The zero-order valence-corrected chi connectivity index (χ0v) is 9.51. The number of halogens is 1. The molecule has 3 N–H and O–H groups in total. The summed E-state index contributed by atoms with van der Waals surface area (Å²) in [5, 5.41) is 7.33. The van der Waals surface area contributed by atoms with Crippen LogP contribution >= 0.6 is 15.9 Å². The number of hydrogen-bond acceptors (Lipinski definition) is 3. The fraction of sp³-hybridized carbons (Fsp3) is 0.222. The van der Waals surface area contributed by atoms with Crippen LogP contribution in [0.15, 0.2) is 16.6 Å². The molecule has 0 spiro atoms. The van der Waals surface area contributed by atoms with E-state index in [4.69, 9.17) is 20.6 Å². The van der Waals surface area contributed by atoms with Crippen LogP contribution in [0.3, 0.4) is 0 Å². The molecule has 0 saturated heterocycles. The lowest BCUT2D eigenvalue weighted by Crippen LogP contribution is -2.12. The predicted molar refractivity (Wildman–Crippen MR) is 58.3 cm³/mol. The molecule has 5 heteroatoms. The van der Waals surface area contributed by atoms with Gasteiger partial charge < -0.3 is 15.2 Å². The molecule has 76 valence electrons. The van der Waals surface area contributed by atoms with E-state index in [1.807, 2.05) is 0 Å². The Morgan fingerprint density at radius 1 is 1.29 bits per heavy atom. The maximum atomic E-state index is 7.33. The number of methoxy groups -OCH3 is 2. The van der Waals surface area contributed by atoms with Crippen LogP contribution in [0.4, 0.5) is 0 Å². The second kappa shape index (κ2) is 4.32. The van der Waals surface area contributed by atoms with Crippen molar-refractivity contribution in [1.29, 1.82) is 5.41 Å². The molecule has 0 atom stereocenters. The minimum atomic E-state index is -0.0159. The predicted octanol–water partition coefficient (Wildman–Crippen LogP) is 1.75. The highest BCUT2D eigenvalue weighted by Crippen LogP contribution is 2.32. The third-order valence-electron chi connectivity index (χ3n) is 1.76. The molecule has 0 unspecified atom stereocenters. The van der Waals surface area contributed by atoms with Gasteiger partial charge in [-0.3, -0.25) is 5.41 Å². The van der Waals surface area contributed by atoms with Gasteiger partial charge in [0.15, 0.2) is 11.5 Å². The van der Waals surface area contributed by atoms with Crippen LogP contribution in [0, 0.1) is 5.41 Å². The van der Waals surface area contributed by atoms with Gasteiger partial charge in [0, 0.05) is 10.0 Å². The van der Waals surface area contributed by atoms with Gasteiger partial charge in [0.05, 0.1) is 14.2 Å². The van der Waals surface area contributed by atoms with Gasteiger partial charge in [0.1, 0.15) is 5.84 Å². The van der Waals surface area contributed by atoms with Gasteiger partial charge in [0.2, 0.25) is 0 Å². The van der Waals surface area contributed by atoms with E-state index in [0.29, 0.717) is 21.5 Å². The number of rotatable bonds is 3. The number of nitrogens with one attached hydrogen (secondary N) is 1. The van der Waals surface area contributed by atoms with E-state index in [0.717, 1.165) is 0 Å². The zero-order chi connectivity index (χ0) is 10.7. The second-order valence-electron chi connectivity index (χ2n) is 2.60. The first-order valence-corrected chi connectivity index (χ1v) is 4.65. The van der Waals surface area contributed by atoms with Crippen LogP contribution in [-0.4, -0.2) is 20.1 Å². The van der Waals surface area contributed by atoms with Crippen molar-refractivity contribution in [2.24, 2.45) is 5.73 Å². The lowest BCUT2D eigenvalue weighted by atomic mass is 10.2. The topological polar surface area (TPSA) is 68.3 Å². The van der Waals surface area contributed by atoms with Gasteiger partial charge in [-0.15, -0.1) is 0 Å². The van der Waals surface area contributed by atoms with E-state index < -0.39 is 0 Å². The molecule has 4 nitrogen and oxygen atoms in total. The van der Waals surface area contributed by atoms with Gasteiger partial charge in [-0.1, -0.05) is 0 Å². The third kappa shape index (κ3) is 1.98. The Hall–Kier alpha value is -1.23. The Kier molecular flexibility index (Phi) is 3.35. The molecule has 0 aliphatic heterocycles. The molecule has 0 fully saturated rings. The van der Waals surface area contributed by atoms with Crippen LogP contribution < -0.4 is 15.2 Å². The average Bonchev–Trinajstić information content (AvgIpc) is 2.16. The minimum Gasteiger partial charge on any atom is -0.493 e. The minimum absolute atomic E-state index is 0.0159. The maximum Gasteiger partial charge on any atom is 0.161 e. The van der Waals surface area contributed by atoms with Crippen molar-refractivity contribution < 1.29 is 9.47 Å². The SMILES string of the molecule is COc1cc(Br)c(C(=N)N)cc1OC. The van der Waals surface area contributed by atoms with Gasteiger partial charge in [0.25, 0.3) is 0 Å². The molecule has 1 aromatic carbocycles. The fourth-order valence-electron chi connectivity index (χ4n) is 1.06. The highest BCUT2D eigenvalue weighted by molar-refractivity contribution is 9.10. The van der Waals surface area contributed by atoms with Crippen molar-refractivity contribution in [2.75, 3.05) is 14.2 Å². The summed E-state index contributed by atoms with van der Waals surface area (Å²) in [7, 11) is 3.09. The number of nitrogens with two attached hydrogens (primary N) is 1. The number of benzene rings is 1. The average molecular weight is 259 g/mol. The zero-order valence-electron chi connectivity index (χ0n) is 7.93. The molecule has 1 rings (SSSR count). The Morgan fingerprint density at radius 2 is 1.79 bits per heavy atom. The summed E-state index contributed by atoms with van der Waals surface area (Å²) in [6, 6.07) is 3.38. The Balaban J connectivity index is 3.30. The molecule has 0 aliphatic rings. The molecule has 14 heavy (non-hydrogen) atoms. The standard InChI is InChI=1S/C9H11BrN2O2/c1-13-7-3-5(9(11)12)6(10)4-8(7)14-2/h3-4H,1-2H3,(H3,11,12). The van der Waals surface area contributed by atoms with E-state index in [1.54, 1.807) is 19.2 Å². The van der Waals surface area contributed by atoms with Gasteiger partial charge in [-0.2, -0.15) is 0 Å². The first-order chi connectivity index (χ1) is 6.60. The van der Waals surface area contributed by atoms with E-state index in [-0.39, 0.29) is 5.84 Å². The highest BCUT2D eigenvalue weighted by Gasteiger charge is 2.10. The number of hydrogen-bond donors (Lipinski definition) is 2. The highest BCUT2D eigenvalue weighted by atomic mass is 79.9. The summed E-state index contributed by atoms with van der Waals surface area (Å²) in [5.41, 5.74) is 5.97. The lowest BCUT2D eigenvalue weighted by molar-refractivity contribution is 0.354. The van der Waals surface area contributed by atoms with Gasteiger partial charge >= 0.3 is 0 Å². The van der Waals surface area contributed by atoms with Crippen molar-refractivity contribution in [3.05, 3.63) is 22.2 Å². The van der Waals surface area contributed by atoms with Crippen molar-refractivity contribution >= 4 is 21.8 Å². The van der Waals surface area contributed by atoms with Crippen LogP contribution in [-0.2, 0) is 0 Å². The molecule has 1 aromatic rings. The molecular weight excluding hydrogens is 248 g/mol. The van der Waals surface area contributed by atoms with Crippen molar-refractivity contribution in [3.63, 3.8) is 0 Å². The molecule has 0 aliphatic carbocycles. The number of nitrogen functional groups attached to an aromatic ring is 1. The van der Waals surface area contributed by atoms with E-state index in [2.05, 4.69) is 15.9 Å². The normalized spacial score (nSPS) is 9.64. The van der Waals surface area contributed by atoms with Crippen molar-refractivity contribution in [2.45, 2.75) is 0 Å². The molecule has 0 heterocycles. The molecule has 0 amide bonds. The van der Waals surface area contributed by atoms with E-state index in [9.17, 15) is 0 Å². The molecule has 0 aromatic heterocycles. The summed E-state index contributed by atoms with van der Waals surface area (Å²) in [4.78, 5) is 0. The largest absolute Gasteiger partial charge is 0.493 e. The van der Waals surface area contributed by atoms with Crippen molar-refractivity contribution in [3.8, 4) is 11.5 Å².